The fourth-order valence-electron chi connectivity index (χ4n) is 0.782. The van der Waals surface area contributed by atoms with Gasteiger partial charge in [0.25, 0.3) is 0 Å². The molecule has 1 N–H and O–H groups in total. The Bertz CT molecular complexity index is 101. The van der Waals surface area contributed by atoms with E-state index in [2.05, 4.69) is 15.9 Å². The molecular formula is C6H9BrO. The van der Waals surface area contributed by atoms with Crippen LogP contribution >= 0.6 is 15.9 Å². The van der Waals surface area contributed by atoms with Crippen molar-refractivity contribution in [2.24, 2.45) is 0 Å². The van der Waals surface area contributed by atoms with Gasteiger partial charge in [-0.05, 0) is 12.8 Å². The lowest BCUT2D eigenvalue weighted by Crippen LogP contribution is -2.19. The van der Waals surface area contributed by atoms with Gasteiger partial charge < -0.3 is 5.11 Å². The molecule has 1 aliphatic carbocycles. The van der Waals surface area contributed by atoms with Gasteiger partial charge in [-0.25, -0.2) is 0 Å². The maximum absolute atomic E-state index is 9.04. The number of halogens is 1. The highest BCUT2D eigenvalue weighted by Gasteiger charge is 2.14. The largest absolute Gasteiger partial charge is 0.388 e. The van der Waals surface area contributed by atoms with Crippen LogP contribution in [0.25, 0.3) is 0 Å². The Morgan fingerprint density at radius 3 is 2.75 bits per heavy atom. The summed E-state index contributed by atoms with van der Waals surface area (Å²) < 4.78 is 0. The van der Waals surface area contributed by atoms with Gasteiger partial charge in [0.05, 0.1) is 6.10 Å². The molecular weight excluding hydrogens is 168 g/mol. The number of aliphatic hydroxyl groups is 1. The maximum atomic E-state index is 9.04. The zero-order chi connectivity index (χ0) is 5.98. The molecule has 0 saturated carbocycles. The second-order valence-corrected chi connectivity index (χ2v) is 3.19. The highest BCUT2D eigenvalue weighted by atomic mass is 79.9. The average Bonchev–Trinajstić information content (AvgIpc) is 1.77. The van der Waals surface area contributed by atoms with Crippen molar-refractivity contribution in [3.63, 3.8) is 0 Å². The van der Waals surface area contributed by atoms with E-state index in [1.807, 2.05) is 12.2 Å². The van der Waals surface area contributed by atoms with Crippen molar-refractivity contribution in [1.29, 1.82) is 0 Å². The fraction of sp³-hybridized carbons (Fsp3) is 0.667. The molecule has 0 radical (unpaired) electrons. The molecule has 1 aliphatic rings. The summed E-state index contributed by atoms with van der Waals surface area (Å²) in [5, 5.41) is 9.04. The molecule has 0 spiro atoms. The molecule has 1 rings (SSSR count). The van der Waals surface area contributed by atoms with Crippen molar-refractivity contribution in [3.05, 3.63) is 12.2 Å². The minimum Gasteiger partial charge on any atom is -0.388 e. The molecule has 1 nitrogen and oxygen atoms in total. The van der Waals surface area contributed by atoms with Crippen LogP contribution in [0.5, 0.6) is 0 Å². The van der Waals surface area contributed by atoms with Crippen LogP contribution in [0.15, 0.2) is 12.2 Å². The second kappa shape index (κ2) is 2.65. The smallest absolute Gasteiger partial charge is 0.0846 e. The Morgan fingerprint density at radius 2 is 2.38 bits per heavy atom. The zero-order valence-electron chi connectivity index (χ0n) is 4.55. The summed E-state index contributed by atoms with van der Waals surface area (Å²) in [6, 6.07) is 0. The first kappa shape index (κ1) is 6.30. The average molecular weight is 177 g/mol. The normalized spacial score (nSPS) is 37.8. The minimum absolute atomic E-state index is 0.260. The molecule has 0 aliphatic heterocycles. The predicted octanol–water partition coefficient (Wildman–Crippen LogP) is 1.46. The number of hydrogen-bond donors (Lipinski definition) is 1. The van der Waals surface area contributed by atoms with Crippen molar-refractivity contribution in [3.8, 4) is 0 Å². The summed E-state index contributed by atoms with van der Waals surface area (Å²) in [7, 11) is 0. The SMILES string of the molecule is OC1C=CCCC1Br. The van der Waals surface area contributed by atoms with Crippen LogP contribution in [0.1, 0.15) is 12.8 Å². The van der Waals surface area contributed by atoms with Crippen LogP contribution < -0.4 is 0 Å². The van der Waals surface area contributed by atoms with E-state index in [0.717, 1.165) is 12.8 Å². The van der Waals surface area contributed by atoms with Crippen molar-refractivity contribution in [2.75, 3.05) is 0 Å². The third kappa shape index (κ3) is 1.33. The third-order valence-electron chi connectivity index (χ3n) is 1.31. The Balaban J connectivity index is 2.47. The highest BCUT2D eigenvalue weighted by Crippen LogP contribution is 2.18. The van der Waals surface area contributed by atoms with Gasteiger partial charge in [0.2, 0.25) is 0 Å². The van der Waals surface area contributed by atoms with Gasteiger partial charge in [-0.15, -0.1) is 0 Å². The van der Waals surface area contributed by atoms with Gasteiger partial charge in [0, 0.05) is 4.83 Å². The van der Waals surface area contributed by atoms with E-state index in [-0.39, 0.29) is 10.9 Å². The molecule has 0 fully saturated rings. The first-order chi connectivity index (χ1) is 3.80. The predicted molar refractivity (Wildman–Crippen MR) is 37.1 cm³/mol. The molecule has 0 aromatic carbocycles. The monoisotopic (exact) mass is 176 g/mol. The maximum Gasteiger partial charge on any atom is 0.0846 e. The Kier molecular flexibility index (Phi) is 2.08. The van der Waals surface area contributed by atoms with Gasteiger partial charge in [-0.2, -0.15) is 0 Å². The first-order valence-electron chi connectivity index (χ1n) is 2.79. The Morgan fingerprint density at radius 1 is 1.62 bits per heavy atom. The Labute approximate surface area is 57.5 Å². The molecule has 8 heavy (non-hydrogen) atoms. The van der Waals surface area contributed by atoms with E-state index in [4.69, 9.17) is 5.11 Å². The molecule has 0 aromatic rings. The standard InChI is InChI=1S/C6H9BrO/c7-5-3-1-2-4-6(5)8/h2,4-6,8H,1,3H2. The van der Waals surface area contributed by atoms with Crippen molar-refractivity contribution >= 4 is 15.9 Å². The van der Waals surface area contributed by atoms with Crippen LogP contribution in [0.4, 0.5) is 0 Å². The first-order valence-corrected chi connectivity index (χ1v) is 3.71. The van der Waals surface area contributed by atoms with Crippen molar-refractivity contribution in [1.82, 2.24) is 0 Å². The van der Waals surface area contributed by atoms with E-state index in [9.17, 15) is 0 Å². The van der Waals surface area contributed by atoms with Crippen LogP contribution in [0.2, 0.25) is 0 Å². The molecule has 46 valence electrons. The molecule has 0 saturated heterocycles. The topological polar surface area (TPSA) is 20.2 Å². The fourth-order valence-corrected chi connectivity index (χ4v) is 1.22. The Hall–Kier alpha value is 0.180. The summed E-state index contributed by atoms with van der Waals surface area (Å²) in [4.78, 5) is 0.285. The zero-order valence-corrected chi connectivity index (χ0v) is 6.13. The summed E-state index contributed by atoms with van der Waals surface area (Å²) in [6.45, 7) is 0. The summed E-state index contributed by atoms with van der Waals surface area (Å²) in [5.74, 6) is 0. The van der Waals surface area contributed by atoms with Gasteiger partial charge in [-0.1, -0.05) is 28.1 Å². The van der Waals surface area contributed by atoms with Gasteiger partial charge >= 0.3 is 0 Å². The van der Waals surface area contributed by atoms with Crippen LogP contribution in [-0.4, -0.2) is 16.0 Å². The van der Waals surface area contributed by atoms with Crippen molar-refractivity contribution < 1.29 is 5.11 Å². The quantitative estimate of drug-likeness (QED) is 0.438. The van der Waals surface area contributed by atoms with E-state index in [0.29, 0.717) is 0 Å². The third-order valence-corrected chi connectivity index (χ3v) is 2.31. The van der Waals surface area contributed by atoms with Gasteiger partial charge in [-0.3, -0.25) is 0 Å². The number of rotatable bonds is 0. The molecule has 0 bridgehead atoms. The number of alkyl halides is 1. The number of hydrogen-bond acceptors (Lipinski definition) is 1. The van der Waals surface area contributed by atoms with E-state index in [1.54, 1.807) is 0 Å². The van der Waals surface area contributed by atoms with Crippen LogP contribution in [0, 0.1) is 0 Å². The van der Waals surface area contributed by atoms with Crippen LogP contribution in [0.3, 0.4) is 0 Å². The minimum atomic E-state index is -0.260. The van der Waals surface area contributed by atoms with E-state index < -0.39 is 0 Å². The molecule has 0 aromatic heterocycles. The molecule has 2 heteroatoms. The highest BCUT2D eigenvalue weighted by molar-refractivity contribution is 9.09. The number of aliphatic hydroxyl groups excluding tert-OH is 1. The van der Waals surface area contributed by atoms with Gasteiger partial charge in [0.1, 0.15) is 0 Å². The summed E-state index contributed by atoms with van der Waals surface area (Å²) in [6.07, 6.45) is 5.74. The van der Waals surface area contributed by atoms with E-state index >= 15 is 0 Å². The van der Waals surface area contributed by atoms with Gasteiger partial charge in [0.15, 0.2) is 0 Å². The van der Waals surface area contributed by atoms with E-state index in [1.165, 1.54) is 0 Å². The molecule has 0 heterocycles. The molecule has 2 atom stereocenters. The van der Waals surface area contributed by atoms with Crippen molar-refractivity contribution in [2.45, 2.75) is 23.8 Å². The lowest BCUT2D eigenvalue weighted by molar-refractivity contribution is 0.213. The summed E-state index contributed by atoms with van der Waals surface area (Å²) >= 11 is 3.35. The van der Waals surface area contributed by atoms with Crippen LogP contribution in [-0.2, 0) is 0 Å². The molecule has 0 amide bonds. The lowest BCUT2D eigenvalue weighted by atomic mass is 10.1. The lowest BCUT2D eigenvalue weighted by Gasteiger charge is -2.16. The second-order valence-electron chi connectivity index (χ2n) is 2.01. The molecule has 2 unspecified atom stereocenters. The summed E-state index contributed by atoms with van der Waals surface area (Å²) in [5.41, 5.74) is 0. The number of allylic oxidation sites excluding steroid dienone is 1.